The van der Waals surface area contributed by atoms with Crippen LogP contribution < -0.4 is 15.4 Å². The summed E-state index contributed by atoms with van der Waals surface area (Å²) in [7, 11) is 1.48. The third-order valence-electron chi connectivity index (χ3n) is 5.84. The Morgan fingerprint density at radius 3 is 2.44 bits per heavy atom. The van der Waals surface area contributed by atoms with Crippen LogP contribution in [0.15, 0.2) is 64.7 Å². The molecule has 12 heteroatoms. The molecule has 0 fully saturated rings. The quantitative estimate of drug-likeness (QED) is 0.241. The molecule has 0 bridgehead atoms. The number of carboxylic acids is 1. The molecule has 2 aromatic carbocycles. The van der Waals surface area contributed by atoms with Crippen molar-refractivity contribution in [3.63, 3.8) is 0 Å². The van der Waals surface area contributed by atoms with E-state index in [1.54, 1.807) is 39.0 Å². The number of hydrogen-bond acceptors (Lipinski definition) is 9. The van der Waals surface area contributed by atoms with Crippen LogP contribution in [-0.4, -0.2) is 57.8 Å². The van der Waals surface area contributed by atoms with E-state index >= 15 is 0 Å². The average Bonchev–Trinajstić information content (AvgIpc) is 3.37. The zero-order chi connectivity index (χ0) is 29.9. The monoisotopic (exact) mass is 580 g/mol. The predicted octanol–water partition coefficient (Wildman–Crippen LogP) is 3.32. The Hall–Kier alpha value is -4.45. The predicted molar refractivity (Wildman–Crippen MR) is 153 cm³/mol. The number of ketones is 1. The fourth-order valence-corrected chi connectivity index (χ4v) is 4.70. The van der Waals surface area contributed by atoms with Gasteiger partial charge in [-0.15, -0.1) is 22.0 Å². The standard InChI is InChI=1S/C29H32N4O7S/c1-17(2)27(28(38)30-22(14-26(36)37)23(34)16-41-15-19-8-6-5-7-9-19)31-25(35)13-21-12-20(10-11-24(21)39-4)29-33-32-18(3)40-29/h5-12,14,17,27H,13,15-16H2,1-4H3,(H,30,38)(H,31,35)(H,36,37)/b22-14+/t27-/m0/s1. The van der Waals surface area contributed by atoms with E-state index in [0.717, 1.165) is 5.56 Å². The number of ether oxygens (including phenoxy) is 1. The summed E-state index contributed by atoms with van der Waals surface area (Å²) in [6.45, 7) is 5.11. The summed E-state index contributed by atoms with van der Waals surface area (Å²) < 4.78 is 10.9. The summed E-state index contributed by atoms with van der Waals surface area (Å²) in [4.78, 5) is 50.4. The van der Waals surface area contributed by atoms with E-state index in [4.69, 9.17) is 9.15 Å². The Morgan fingerprint density at radius 1 is 1.10 bits per heavy atom. The molecule has 2 amide bonds. The molecule has 1 aromatic heterocycles. The highest BCUT2D eigenvalue weighted by molar-refractivity contribution is 7.99. The van der Waals surface area contributed by atoms with Crippen LogP contribution in [-0.2, 0) is 31.4 Å². The lowest BCUT2D eigenvalue weighted by molar-refractivity contribution is -0.132. The second kappa shape index (κ2) is 14.8. The van der Waals surface area contributed by atoms with Crippen LogP contribution in [0.2, 0.25) is 0 Å². The number of methoxy groups -OCH3 is 1. The van der Waals surface area contributed by atoms with Gasteiger partial charge in [0.15, 0.2) is 5.78 Å². The van der Waals surface area contributed by atoms with Crippen molar-refractivity contribution in [3.05, 3.63) is 77.3 Å². The Balaban J connectivity index is 1.68. The number of amides is 2. The van der Waals surface area contributed by atoms with Gasteiger partial charge in [-0.25, -0.2) is 4.79 Å². The fourth-order valence-electron chi connectivity index (χ4n) is 3.83. The van der Waals surface area contributed by atoms with E-state index in [1.165, 1.54) is 18.9 Å². The van der Waals surface area contributed by atoms with E-state index in [0.29, 0.717) is 34.6 Å². The maximum Gasteiger partial charge on any atom is 0.330 e. The molecule has 3 rings (SSSR count). The van der Waals surface area contributed by atoms with Gasteiger partial charge in [0.1, 0.15) is 11.8 Å². The number of rotatable bonds is 14. The van der Waals surface area contributed by atoms with Crippen molar-refractivity contribution in [2.24, 2.45) is 5.92 Å². The van der Waals surface area contributed by atoms with Crippen molar-refractivity contribution in [1.29, 1.82) is 0 Å². The summed E-state index contributed by atoms with van der Waals surface area (Å²) in [5.41, 5.74) is 1.78. The van der Waals surface area contributed by atoms with Crippen LogP contribution >= 0.6 is 11.8 Å². The number of carboxylic acid groups (broad SMARTS) is 1. The normalized spacial score (nSPS) is 12.1. The molecule has 0 spiro atoms. The van der Waals surface area contributed by atoms with Gasteiger partial charge in [-0.05, 0) is 29.7 Å². The van der Waals surface area contributed by atoms with Crippen molar-refractivity contribution in [2.45, 2.75) is 39.0 Å². The molecule has 0 saturated carbocycles. The number of nitrogens with zero attached hydrogens (tertiary/aromatic N) is 2. The van der Waals surface area contributed by atoms with Gasteiger partial charge in [0.25, 0.3) is 0 Å². The number of thioether (sulfide) groups is 1. The summed E-state index contributed by atoms with van der Waals surface area (Å²) in [6, 6.07) is 13.5. The molecule has 0 aliphatic carbocycles. The first-order valence-corrected chi connectivity index (χ1v) is 13.9. The van der Waals surface area contributed by atoms with E-state index < -0.39 is 29.6 Å². The second-order valence-electron chi connectivity index (χ2n) is 9.41. The van der Waals surface area contributed by atoms with Gasteiger partial charge < -0.3 is 24.9 Å². The molecule has 216 valence electrons. The maximum atomic E-state index is 13.2. The topological polar surface area (TPSA) is 161 Å². The van der Waals surface area contributed by atoms with Crippen LogP contribution in [0.3, 0.4) is 0 Å². The van der Waals surface area contributed by atoms with Gasteiger partial charge in [-0.3, -0.25) is 14.4 Å². The average molecular weight is 581 g/mol. The van der Waals surface area contributed by atoms with E-state index in [9.17, 15) is 24.3 Å². The van der Waals surface area contributed by atoms with Gasteiger partial charge in [-0.1, -0.05) is 44.2 Å². The zero-order valence-corrected chi connectivity index (χ0v) is 24.0. The third-order valence-corrected chi connectivity index (χ3v) is 6.84. The lowest BCUT2D eigenvalue weighted by Gasteiger charge is -2.22. The molecule has 0 saturated heterocycles. The number of hydrogen-bond donors (Lipinski definition) is 3. The molecular formula is C29H32N4O7S. The van der Waals surface area contributed by atoms with Crippen molar-refractivity contribution >= 4 is 35.3 Å². The summed E-state index contributed by atoms with van der Waals surface area (Å²) in [5, 5.41) is 22.2. The van der Waals surface area contributed by atoms with Crippen molar-refractivity contribution < 1.29 is 33.4 Å². The highest BCUT2D eigenvalue weighted by Gasteiger charge is 2.27. The lowest BCUT2D eigenvalue weighted by atomic mass is 10.0. The van der Waals surface area contributed by atoms with Crippen LogP contribution in [0.25, 0.3) is 11.5 Å². The molecule has 0 aliphatic heterocycles. The number of aromatic nitrogens is 2. The van der Waals surface area contributed by atoms with E-state index in [-0.39, 0.29) is 29.7 Å². The summed E-state index contributed by atoms with van der Waals surface area (Å²) in [5.74, 6) is -1.85. The van der Waals surface area contributed by atoms with Crippen LogP contribution in [0, 0.1) is 12.8 Å². The summed E-state index contributed by atoms with van der Waals surface area (Å²) in [6.07, 6.45) is 0.533. The SMILES string of the molecule is COc1ccc(-c2nnc(C)o2)cc1CC(=O)N[C@H](C(=O)N/C(=C/C(=O)O)C(=O)CSCc1ccccc1)C(C)C. The number of Topliss-reactive ketones (excluding diaryl/α,β-unsaturated/α-hetero) is 1. The first kappa shape index (κ1) is 31.1. The smallest absolute Gasteiger partial charge is 0.330 e. The lowest BCUT2D eigenvalue weighted by Crippen LogP contribution is -2.50. The minimum atomic E-state index is -1.38. The number of carbonyl (C=O) groups is 4. The maximum absolute atomic E-state index is 13.2. The largest absolute Gasteiger partial charge is 0.496 e. The van der Waals surface area contributed by atoms with Gasteiger partial charge in [0.05, 0.1) is 31.1 Å². The Morgan fingerprint density at radius 2 is 1.83 bits per heavy atom. The van der Waals surface area contributed by atoms with Crippen LogP contribution in [0.5, 0.6) is 5.75 Å². The van der Waals surface area contributed by atoms with Crippen molar-refractivity contribution in [3.8, 4) is 17.2 Å². The Kier molecular flexibility index (Phi) is 11.2. The van der Waals surface area contributed by atoms with Gasteiger partial charge in [-0.2, -0.15) is 0 Å². The zero-order valence-electron chi connectivity index (χ0n) is 23.2. The number of nitrogens with one attached hydrogen (secondary N) is 2. The van der Waals surface area contributed by atoms with Crippen LogP contribution in [0.1, 0.15) is 30.9 Å². The van der Waals surface area contributed by atoms with Gasteiger partial charge in [0, 0.05) is 23.8 Å². The van der Waals surface area contributed by atoms with Gasteiger partial charge in [0.2, 0.25) is 23.6 Å². The Bertz CT molecular complexity index is 1420. The van der Waals surface area contributed by atoms with E-state index in [2.05, 4.69) is 20.8 Å². The summed E-state index contributed by atoms with van der Waals surface area (Å²) >= 11 is 1.30. The first-order valence-electron chi connectivity index (χ1n) is 12.7. The highest BCUT2D eigenvalue weighted by Crippen LogP contribution is 2.26. The van der Waals surface area contributed by atoms with Crippen molar-refractivity contribution in [2.75, 3.05) is 12.9 Å². The number of allylic oxidation sites excluding steroid dienone is 1. The second-order valence-corrected chi connectivity index (χ2v) is 10.4. The highest BCUT2D eigenvalue weighted by atomic mass is 32.2. The first-order chi connectivity index (χ1) is 19.6. The minimum absolute atomic E-state index is 0.0390. The molecule has 0 radical (unpaired) electrons. The van der Waals surface area contributed by atoms with E-state index in [1.807, 2.05) is 30.3 Å². The molecular weight excluding hydrogens is 548 g/mol. The van der Waals surface area contributed by atoms with Gasteiger partial charge >= 0.3 is 5.97 Å². The number of aliphatic carboxylic acids is 1. The number of aryl methyl sites for hydroxylation is 1. The minimum Gasteiger partial charge on any atom is -0.496 e. The molecule has 3 aromatic rings. The molecule has 3 N–H and O–H groups in total. The molecule has 0 aliphatic rings. The Labute approximate surface area is 241 Å². The number of benzene rings is 2. The molecule has 41 heavy (non-hydrogen) atoms. The molecule has 1 atom stereocenters. The number of carbonyl (C=O) groups excluding carboxylic acids is 3. The molecule has 1 heterocycles. The van der Waals surface area contributed by atoms with Crippen molar-refractivity contribution in [1.82, 2.24) is 20.8 Å². The molecule has 0 unspecified atom stereocenters. The fraction of sp³-hybridized carbons (Fsp3) is 0.310. The van der Waals surface area contributed by atoms with Crippen LogP contribution in [0.4, 0.5) is 0 Å². The molecule has 11 nitrogen and oxygen atoms in total. The third kappa shape index (κ3) is 9.31.